The molecule has 1 aromatic carbocycles. The molecule has 72 valence electrons. The van der Waals surface area contributed by atoms with Gasteiger partial charge in [0.05, 0.1) is 6.61 Å². The topological polar surface area (TPSA) is 18.5 Å². The maximum Gasteiger partial charge on any atom is 0.162 e. The maximum absolute atomic E-state index is 5.54. The van der Waals surface area contributed by atoms with Crippen molar-refractivity contribution in [3.63, 3.8) is 0 Å². The van der Waals surface area contributed by atoms with Gasteiger partial charge < -0.3 is 9.47 Å². The second kappa shape index (κ2) is 4.40. The van der Waals surface area contributed by atoms with Crippen molar-refractivity contribution in [2.24, 2.45) is 0 Å². The lowest BCUT2D eigenvalue weighted by Gasteiger charge is -2.23. The molecule has 0 aliphatic heterocycles. The monoisotopic (exact) mass is 180 g/mol. The van der Waals surface area contributed by atoms with Crippen LogP contribution in [0, 0.1) is 0 Å². The van der Waals surface area contributed by atoms with Crippen LogP contribution in [0.3, 0.4) is 0 Å². The van der Waals surface area contributed by atoms with E-state index in [1.54, 1.807) is 7.11 Å². The minimum absolute atomic E-state index is 0.504. The van der Waals surface area contributed by atoms with E-state index in [0.717, 1.165) is 5.56 Å². The zero-order chi connectivity index (χ0) is 9.73. The van der Waals surface area contributed by atoms with Gasteiger partial charge in [0.25, 0.3) is 0 Å². The molecule has 0 spiro atoms. The summed E-state index contributed by atoms with van der Waals surface area (Å²) in [5.74, 6) is -0.504. The van der Waals surface area contributed by atoms with E-state index in [1.165, 1.54) is 0 Å². The van der Waals surface area contributed by atoms with Crippen LogP contribution >= 0.6 is 0 Å². The Kier molecular flexibility index (Phi) is 3.46. The predicted octanol–water partition coefficient (Wildman–Crippen LogP) is 2.59. The minimum Gasteiger partial charge on any atom is -0.354 e. The van der Waals surface area contributed by atoms with Crippen LogP contribution in [-0.4, -0.2) is 12.9 Å². The highest BCUT2D eigenvalue weighted by Crippen LogP contribution is 2.12. The van der Waals surface area contributed by atoms with Crippen molar-refractivity contribution in [2.45, 2.75) is 26.2 Å². The Bertz CT molecular complexity index is 242. The molecular weight excluding hydrogens is 164 g/mol. The fraction of sp³-hybridized carbons (Fsp3) is 0.455. The van der Waals surface area contributed by atoms with Crippen LogP contribution in [0.4, 0.5) is 0 Å². The molecule has 13 heavy (non-hydrogen) atoms. The molecule has 0 heterocycles. The summed E-state index contributed by atoms with van der Waals surface area (Å²) in [5.41, 5.74) is 1.16. The van der Waals surface area contributed by atoms with Crippen LogP contribution in [0.15, 0.2) is 30.3 Å². The summed E-state index contributed by atoms with van der Waals surface area (Å²) >= 11 is 0. The van der Waals surface area contributed by atoms with Gasteiger partial charge in [-0.3, -0.25) is 0 Å². The van der Waals surface area contributed by atoms with Crippen LogP contribution in [0.5, 0.6) is 0 Å². The lowest BCUT2D eigenvalue weighted by Crippen LogP contribution is -2.26. The molecule has 1 aromatic rings. The van der Waals surface area contributed by atoms with Crippen LogP contribution in [0.2, 0.25) is 0 Å². The predicted molar refractivity (Wildman–Crippen MR) is 52.3 cm³/mol. The van der Waals surface area contributed by atoms with Gasteiger partial charge in [0, 0.05) is 7.11 Å². The molecule has 0 saturated heterocycles. The first-order chi connectivity index (χ1) is 6.14. The van der Waals surface area contributed by atoms with Crippen LogP contribution in [-0.2, 0) is 16.1 Å². The molecule has 0 amide bonds. The van der Waals surface area contributed by atoms with Crippen LogP contribution in [0.1, 0.15) is 19.4 Å². The number of hydrogen-bond donors (Lipinski definition) is 0. The largest absolute Gasteiger partial charge is 0.354 e. The third kappa shape index (κ3) is 3.57. The molecule has 0 N–H and O–H groups in total. The Labute approximate surface area is 79.5 Å². The van der Waals surface area contributed by atoms with E-state index in [9.17, 15) is 0 Å². The second-order valence-electron chi connectivity index (χ2n) is 3.38. The molecular formula is C11H16O2. The van der Waals surface area contributed by atoms with Crippen molar-refractivity contribution in [2.75, 3.05) is 7.11 Å². The van der Waals surface area contributed by atoms with Gasteiger partial charge in [0.1, 0.15) is 0 Å². The summed E-state index contributed by atoms with van der Waals surface area (Å²) in [6, 6.07) is 10.1. The highest BCUT2D eigenvalue weighted by molar-refractivity contribution is 5.13. The number of rotatable bonds is 4. The molecule has 0 saturated carbocycles. The summed E-state index contributed by atoms with van der Waals surface area (Å²) in [6.45, 7) is 4.38. The van der Waals surface area contributed by atoms with Crippen molar-refractivity contribution in [3.8, 4) is 0 Å². The highest BCUT2D eigenvalue weighted by atomic mass is 16.7. The van der Waals surface area contributed by atoms with E-state index in [1.807, 2.05) is 44.2 Å². The van der Waals surface area contributed by atoms with Gasteiger partial charge in [-0.15, -0.1) is 0 Å². The Morgan fingerprint density at radius 2 is 1.77 bits per heavy atom. The van der Waals surface area contributed by atoms with E-state index in [-0.39, 0.29) is 0 Å². The van der Waals surface area contributed by atoms with E-state index in [0.29, 0.717) is 6.61 Å². The minimum atomic E-state index is -0.504. The molecule has 1 rings (SSSR count). The SMILES string of the molecule is COC(C)(C)OCc1ccccc1. The standard InChI is InChI=1S/C11H16O2/c1-11(2,12-3)13-9-10-7-5-4-6-8-10/h4-8H,9H2,1-3H3. The zero-order valence-electron chi connectivity index (χ0n) is 8.41. The quantitative estimate of drug-likeness (QED) is 0.663. The van der Waals surface area contributed by atoms with E-state index >= 15 is 0 Å². The molecule has 0 radical (unpaired) electrons. The third-order valence-corrected chi connectivity index (χ3v) is 1.92. The third-order valence-electron chi connectivity index (χ3n) is 1.92. The van der Waals surface area contributed by atoms with Gasteiger partial charge in [0.2, 0.25) is 0 Å². The lowest BCUT2D eigenvalue weighted by molar-refractivity contribution is -0.204. The molecule has 0 unspecified atom stereocenters. The van der Waals surface area contributed by atoms with Crippen LogP contribution in [0.25, 0.3) is 0 Å². The summed E-state index contributed by atoms with van der Waals surface area (Å²) in [4.78, 5) is 0. The first kappa shape index (κ1) is 10.2. The van der Waals surface area contributed by atoms with Crippen molar-refractivity contribution in [1.82, 2.24) is 0 Å². The molecule has 0 atom stereocenters. The first-order valence-corrected chi connectivity index (χ1v) is 4.37. The van der Waals surface area contributed by atoms with Gasteiger partial charge >= 0.3 is 0 Å². The van der Waals surface area contributed by atoms with Gasteiger partial charge in [-0.2, -0.15) is 0 Å². The first-order valence-electron chi connectivity index (χ1n) is 4.37. The van der Waals surface area contributed by atoms with Crippen molar-refractivity contribution in [1.29, 1.82) is 0 Å². The van der Waals surface area contributed by atoms with E-state index < -0.39 is 5.79 Å². The van der Waals surface area contributed by atoms with Crippen molar-refractivity contribution >= 4 is 0 Å². The fourth-order valence-electron chi connectivity index (χ4n) is 0.890. The zero-order valence-corrected chi connectivity index (χ0v) is 8.41. The Morgan fingerprint density at radius 3 is 2.31 bits per heavy atom. The van der Waals surface area contributed by atoms with Gasteiger partial charge in [0.15, 0.2) is 5.79 Å². The van der Waals surface area contributed by atoms with Gasteiger partial charge in [-0.1, -0.05) is 30.3 Å². The smallest absolute Gasteiger partial charge is 0.162 e. The maximum atomic E-state index is 5.54. The Morgan fingerprint density at radius 1 is 1.15 bits per heavy atom. The molecule has 0 aromatic heterocycles. The summed E-state index contributed by atoms with van der Waals surface area (Å²) in [6.07, 6.45) is 0. The number of benzene rings is 1. The number of methoxy groups -OCH3 is 1. The summed E-state index contributed by atoms with van der Waals surface area (Å²) in [5, 5.41) is 0. The number of ether oxygens (including phenoxy) is 2. The molecule has 0 fully saturated rings. The van der Waals surface area contributed by atoms with Crippen LogP contribution < -0.4 is 0 Å². The average molecular weight is 180 g/mol. The van der Waals surface area contributed by atoms with Gasteiger partial charge in [-0.25, -0.2) is 0 Å². The lowest BCUT2D eigenvalue weighted by atomic mass is 10.2. The Balaban J connectivity index is 2.44. The molecule has 0 bridgehead atoms. The van der Waals surface area contributed by atoms with Crippen molar-refractivity contribution < 1.29 is 9.47 Å². The molecule has 2 heteroatoms. The van der Waals surface area contributed by atoms with Crippen molar-refractivity contribution in [3.05, 3.63) is 35.9 Å². The number of hydrogen-bond acceptors (Lipinski definition) is 2. The molecule has 0 aliphatic carbocycles. The van der Waals surface area contributed by atoms with E-state index in [2.05, 4.69) is 0 Å². The molecule has 2 nitrogen and oxygen atoms in total. The fourth-order valence-corrected chi connectivity index (χ4v) is 0.890. The highest BCUT2D eigenvalue weighted by Gasteiger charge is 2.15. The second-order valence-corrected chi connectivity index (χ2v) is 3.38. The molecule has 0 aliphatic rings. The van der Waals surface area contributed by atoms with E-state index in [4.69, 9.17) is 9.47 Å². The normalized spacial score (nSPS) is 11.6. The Hall–Kier alpha value is -0.860. The van der Waals surface area contributed by atoms with Gasteiger partial charge in [-0.05, 0) is 19.4 Å². The average Bonchev–Trinajstić information content (AvgIpc) is 2.17. The summed E-state index contributed by atoms with van der Waals surface area (Å²) < 4.78 is 10.7. The summed E-state index contributed by atoms with van der Waals surface area (Å²) in [7, 11) is 1.64.